The van der Waals surface area contributed by atoms with Crippen molar-refractivity contribution in [2.75, 3.05) is 13.1 Å². The number of allylic oxidation sites excluding steroid dienone is 4. The lowest BCUT2D eigenvalue weighted by atomic mass is 10.2. The Labute approximate surface area is 132 Å². The SMILES string of the molecule is CC1=Nc2ccccc2N=C(C)/C=C(\C)[N-]CC[N-]/C(C)=C\1. The molecule has 0 unspecified atom stereocenters. The molecule has 1 heterocycles. The van der Waals surface area contributed by atoms with E-state index in [-0.39, 0.29) is 0 Å². The van der Waals surface area contributed by atoms with Crippen molar-refractivity contribution in [3.05, 3.63) is 58.4 Å². The Bertz CT molecular complexity index is 594. The first-order valence-corrected chi connectivity index (χ1v) is 7.46. The summed E-state index contributed by atoms with van der Waals surface area (Å²) in [6.45, 7) is 9.31. The van der Waals surface area contributed by atoms with E-state index in [1.165, 1.54) is 0 Å². The Kier molecular flexibility index (Phi) is 5.53. The third kappa shape index (κ3) is 4.88. The van der Waals surface area contributed by atoms with Crippen molar-refractivity contribution in [1.82, 2.24) is 0 Å². The summed E-state index contributed by atoms with van der Waals surface area (Å²) in [4.78, 5) is 9.32. The normalized spacial score (nSPS) is 21.5. The molecule has 0 aliphatic carbocycles. The molecule has 1 aromatic rings. The molecule has 4 heteroatoms. The standard InChI is InChI=1S/C18H22N4/c1-13-11-15(3)21-17-7-5-6-8-18(17)22-16(4)12-14(2)20-10-9-19-13/h5-8,11-12H,9-10H2,1-4H3/q-2/b13-11-,14-12+,21-15?,22-16?. The Morgan fingerprint density at radius 2 is 1.14 bits per heavy atom. The highest BCUT2D eigenvalue weighted by molar-refractivity contribution is 5.98. The van der Waals surface area contributed by atoms with Crippen LogP contribution in [0.2, 0.25) is 0 Å². The van der Waals surface area contributed by atoms with E-state index in [1.54, 1.807) is 0 Å². The first kappa shape index (κ1) is 16.0. The van der Waals surface area contributed by atoms with Crippen LogP contribution < -0.4 is 0 Å². The van der Waals surface area contributed by atoms with Crippen molar-refractivity contribution in [2.45, 2.75) is 27.7 Å². The number of fused-ring (bicyclic) bond motifs is 1. The molecule has 0 atom stereocenters. The molecule has 0 saturated carbocycles. The van der Waals surface area contributed by atoms with Gasteiger partial charge in [-0.15, -0.1) is 13.1 Å². The number of nitrogens with zero attached hydrogens (tertiary/aromatic N) is 4. The fourth-order valence-corrected chi connectivity index (χ4v) is 2.25. The third-order valence-corrected chi connectivity index (χ3v) is 3.13. The van der Waals surface area contributed by atoms with Crippen LogP contribution in [0.15, 0.2) is 57.8 Å². The van der Waals surface area contributed by atoms with Crippen LogP contribution in [0.4, 0.5) is 11.4 Å². The van der Waals surface area contributed by atoms with Crippen molar-refractivity contribution in [3.63, 3.8) is 0 Å². The van der Waals surface area contributed by atoms with Gasteiger partial charge < -0.3 is 10.6 Å². The molecule has 4 nitrogen and oxygen atoms in total. The summed E-state index contributed by atoms with van der Waals surface area (Å²) in [6, 6.07) is 7.90. The van der Waals surface area contributed by atoms with Gasteiger partial charge in [0.1, 0.15) is 0 Å². The highest BCUT2D eigenvalue weighted by atomic mass is 15.0. The van der Waals surface area contributed by atoms with E-state index in [2.05, 4.69) is 20.6 Å². The molecule has 0 saturated heterocycles. The van der Waals surface area contributed by atoms with Crippen LogP contribution in [0.1, 0.15) is 27.7 Å². The van der Waals surface area contributed by atoms with Crippen LogP contribution in [-0.2, 0) is 0 Å². The minimum Gasteiger partial charge on any atom is -0.689 e. The molecule has 0 fully saturated rings. The predicted octanol–water partition coefficient (Wildman–Crippen LogP) is 5.44. The number of rotatable bonds is 0. The van der Waals surface area contributed by atoms with Crippen molar-refractivity contribution in [2.24, 2.45) is 9.98 Å². The quantitative estimate of drug-likeness (QED) is 0.612. The zero-order valence-corrected chi connectivity index (χ0v) is 13.7. The molecule has 22 heavy (non-hydrogen) atoms. The Balaban J connectivity index is 2.47. The minimum atomic E-state index is 0.688. The molecule has 0 radical (unpaired) electrons. The molecule has 0 N–H and O–H groups in total. The van der Waals surface area contributed by atoms with Gasteiger partial charge in [-0.3, -0.25) is 9.98 Å². The Hall–Kier alpha value is -2.36. The van der Waals surface area contributed by atoms with Crippen molar-refractivity contribution in [1.29, 1.82) is 0 Å². The molecular weight excluding hydrogens is 272 g/mol. The summed E-state index contributed by atoms with van der Waals surface area (Å²) < 4.78 is 0. The van der Waals surface area contributed by atoms with Gasteiger partial charge in [0.25, 0.3) is 0 Å². The highest BCUT2D eigenvalue weighted by Crippen LogP contribution is 2.28. The number of para-hydroxylation sites is 2. The van der Waals surface area contributed by atoms with E-state index in [0.29, 0.717) is 13.1 Å². The van der Waals surface area contributed by atoms with Crippen LogP contribution in [0.3, 0.4) is 0 Å². The van der Waals surface area contributed by atoms with Crippen molar-refractivity contribution < 1.29 is 0 Å². The van der Waals surface area contributed by atoms with Gasteiger partial charge in [-0.25, -0.2) is 0 Å². The van der Waals surface area contributed by atoms with Crippen LogP contribution in [-0.4, -0.2) is 24.5 Å². The first-order valence-electron chi connectivity index (χ1n) is 7.46. The van der Waals surface area contributed by atoms with E-state index in [4.69, 9.17) is 0 Å². The molecule has 1 aliphatic heterocycles. The predicted molar refractivity (Wildman–Crippen MR) is 95.9 cm³/mol. The van der Waals surface area contributed by atoms with E-state index in [9.17, 15) is 0 Å². The summed E-state index contributed by atoms with van der Waals surface area (Å²) in [6.07, 6.45) is 3.98. The van der Waals surface area contributed by atoms with Crippen LogP contribution in [0.5, 0.6) is 0 Å². The molecular formula is C18H22N4-2. The number of hydrogen-bond acceptors (Lipinski definition) is 2. The summed E-state index contributed by atoms with van der Waals surface area (Å²) >= 11 is 0. The summed E-state index contributed by atoms with van der Waals surface area (Å²) in [7, 11) is 0. The molecule has 0 bridgehead atoms. The van der Waals surface area contributed by atoms with E-state index >= 15 is 0 Å². The lowest BCUT2D eigenvalue weighted by Crippen LogP contribution is -1.96. The number of benzene rings is 1. The van der Waals surface area contributed by atoms with Gasteiger partial charge >= 0.3 is 0 Å². The second kappa shape index (κ2) is 7.59. The van der Waals surface area contributed by atoms with Gasteiger partial charge in [0.05, 0.1) is 11.4 Å². The molecule has 1 aromatic carbocycles. The molecule has 1 aliphatic rings. The van der Waals surface area contributed by atoms with Crippen LogP contribution in [0.25, 0.3) is 10.6 Å². The average molecular weight is 294 g/mol. The maximum atomic E-state index is 4.66. The van der Waals surface area contributed by atoms with Crippen LogP contribution in [0, 0.1) is 0 Å². The van der Waals surface area contributed by atoms with E-state index in [1.807, 2.05) is 64.1 Å². The van der Waals surface area contributed by atoms with E-state index < -0.39 is 0 Å². The first-order chi connectivity index (χ1) is 10.5. The zero-order chi connectivity index (χ0) is 15.9. The summed E-state index contributed by atoms with van der Waals surface area (Å²) in [5, 5.41) is 9.00. The lowest BCUT2D eigenvalue weighted by Gasteiger charge is -2.29. The topological polar surface area (TPSA) is 52.9 Å². The highest BCUT2D eigenvalue weighted by Gasteiger charge is 1.99. The van der Waals surface area contributed by atoms with Gasteiger partial charge in [-0.2, -0.15) is 11.4 Å². The molecule has 2 rings (SSSR count). The zero-order valence-electron chi connectivity index (χ0n) is 13.7. The third-order valence-electron chi connectivity index (χ3n) is 3.13. The van der Waals surface area contributed by atoms with E-state index in [0.717, 1.165) is 34.2 Å². The maximum absolute atomic E-state index is 4.66. The second-order valence-electron chi connectivity index (χ2n) is 5.33. The minimum absolute atomic E-state index is 0.688. The largest absolute Gasteiger partial charge is 0.689 e. The number of aliphatic imine (C=N–C) groups is 2. The molecule has 0 amide bonds. The van der Waals surface area contributed by atoms with Gasteiger partial charge in [0.15, 0.2) is 0 Å². The van der Waals surface area contributed by atoms with Gasteiger partial charge in [0, 0.05) is 11.4 Å². The maximum Gasteiger partial charge on any atom is 0.0889 e. The molecule has 116 valence electrons. The van der Waals surface area contributed by atoms with Crippen molar-refractivity contribution in [3.8, 4) is 0 Å². The summed E-state index contributed by atoms with van der Waals surface area (Å²) in [5.74, 6) is 0. The van der Waals surface area contributed by atoms with Gasteiger partial charge in [-0.1, -0.05) is 38.1 Å². The fourth-order valence-electron chi connectivity index (χ4n) is 2.25. The van der Waals surface area contributed by atoms with Gasteiger partial charge in [-0.05, 0) is 26.0 Å². The van der Waals surface area contributed by atoms with Crippen LogP contribution >= 0.6 is 0 Å². The molecule has 0 aromatic heterocycles. The Morgan fingerprint density at radius 3 is 1.55 bits per heavy atom. The summed E-state index contributed by atoms with van der Waals surface area (Å²) in [5.41, 5.74) is 5.50. The average Bonchev–Trinajstić information content (AvgIpc) is 2.44. The second-order valence-corrected chi connectivity index (χ2v) is 5.33. The molecule has 0 spiro atoms. The number of hydrogen-bond donors (Lipinski definition) is 0. The monoisotopic (exact) mass is 294 g/mol. The lowest BCUT2D eigenvalue weighted by molar-refractivity contribution is 1.11. The van der Waals surface area contributed by atoms with Crippen molar-refractivity contribution >= 4 is 22.8 Å². The fraction of sp³-hybridized carbons (Fsp3) is 0.333. The van der Waals surface area contributed by atoms with Gasteiger partial charge in [0.2, 0.25) is 0 Å². The smallest absolute Gasteiger partial charge is 0.0889 e. The Morgan fingerprint density at radius 1 is 0.727 bits per heavy atom.